The summed E-state index contributed by atoms with van der Waals surface area (Å²) in [4.78, 5) is 11.5. The zero-order chi connectivity index (χ0) is 10.5. The zero-order valence-corrected chi connectivity index (χ0v) is 8.61. The first-order valence-electron chi connectivity index (χ1n) is 5.25. The molecule has 3 heteroatoms. The van der Waals surface area contributed by atoms with Crippen LogP contribution in [0.15, 0.2) is 30.3 Å². The van der Waals surface area contributed by atoms with Crippen molar-refractivity contribution in [1.29, 1.82) is 0 Å². The Balaban J connectivity index is 1.85. The second kappa shape index (κ2) is 5.05. The lowest BCUT2D eigenvalue weighted by Crippen LogP contribution is -2.42. The summed E-state index contributed by atoms with van der Waals surface area (Å²) in [5.41, 5.74) is 1.11. The summed E-state index contributed by atoms with van der Waals surface area (Å²) in [6.07, 6.45) is 0.318. The van der Waals surface area contributed by atoms with E-state index in [-0.39, 0.29) is 11.9 Å². The largest absolute Gasteiger partial charge is 0.364 e. The highest BCUT2D eigenvalue weighted by Crippen LogP contribution is 2.07. The second-order valence-electron chi connectivity index (χ2n) is 3.71. The molecule has 1 fully saturated rings. The van der Waals surface area contributed by atoms with Crippen LogP contribution < -0.4 is 5.32 Å². The van der Waals surface area contributed by atoms with E-state index in [0.717, 1.165) is 12.1 Å². The van der Waals surface area contributed by atoms with Crippen LogP contribution >= 0.6 is 0 Å². The van der Waals surface area contributed by atoms with Gasteiger partial charge in [0.05, 0.1) is 6.61 Å². The van der Waals surface area contributed by atoms with Crippen LogP contribution in [-0.2, 0) is 16.1 Å². The second-order valence-corrected chi connectivity index (χ2v) is 3.71. The molecular weight excluding hydrogens is 190 g/mol. The number of piperidine rings is 1. The van der Waals surface area contributed by atoms with Crippen LogP contribution in [0.2, 0.25) is 0 Å². The van der Waals surface area contributed by atoms with Crippen LogP contribution in [0.1, 0.15) is 12.0 Å². The summed E-state index contributed by atoms with van der Waals surface area (Å²) in [7, 11) is 0. The molecule has 0 aliphatic carbocycles. The molecule has 1 aliphatic rings. The Morgan fingerprint density at radius 2 is 2.13 bits per heavy atom. The number of Topliss-reactive ketones (excluding diaryl/α,β-unsaturated/α-hetero) is 1. The van der Waals surface area contributed by atoms with Gasteiger partial charge in [-0.1, -0.05) is 30.3 Å². The van der Waals surface area contributed by atoms with Crippen LogP contribution in [0, 0.1) is 0 Å². The molecule has 0 radical (unpaired) electrons. The molecule has 0 amide bonds. The van der Waals surface area contributed by atoms with E-state index in [2.05, 4.69) is 5.32 Å². The maximum atomic E-state index is 11.5. The molecule has 0 bridgehead atoms. The maximum Gasteiger partial charge on any atom is 0.164 e. The molecule has 1 saturated heterocycles. The lowest BCUT2D eigenvalue weighted by atomic mass is 10.1. The smallest absolute Gasteiger partial charge is 0.164 e. The number of ether oxygens (including phenoxy) is 1. The molecule has 0 saturated carbocycles. The fraction of sp³-hybridized carbons (Fsp3) is 0.417. The van der Waals surface area contributed by atoms with Crippen molar-refractivity contribution in [3.8, 4) is 0 Å². The maximum absolute atomic E-state index is 11.5. The SMILES string of the molecule is O=C1CCNCC1OCc1ccccc1. The van der Waals surface area contributed by atoms with E-state index in [1.54, 1.807) is 0 Å². The van der Waals surface area contributed by atoms with Crippen LogP contribution in [0.3, 0.4) is 0 Å². The standard InChI is InChI=1S/C12H15NO2/c14-11-6-7-13-8-12(11)15-9-10-4-2-1-3-5-10/h1-5,12-13H,6-9H2. The van der Waals surface area contributed by atoms with E-state index >= 15 is 0 Å². The normalized spacial score (nSPS) is 21.6. The molecule has 1 unspecified atom stereocenters. The fourth-order valence-corrected chi connectivity index (χ4v) is 1.64. The van der Waals surface area contributed by atoms with Gasteiger partial charge >= 0.3 is 0 Å². The molecule has 80 valence electrons. The number of benzene rings is 1. The van der Waals surface area contributed by atoms with E-state index in [1.807, 2.05) is 30.3 Å². The quantitative estimate of drug-likeness (QED) is 0.804. The number of hydrogen-bond acceptors (Lipinski definition) is 3. The Morgan fingerprint density at radius 3 is 2.87 bits per heavy atom. The van der Waals surface area contributed by atoms with Crippen molar-refractivity contribution in [2.75, 3.05) is 13.1 Å². The Labute approximate surface area is 89.4 Å². The molecule has 1 atom stereocenters. The third kappa shape index (κ3) is 2.88. The first-order chi connectivity index (χ1) is 7.36. The number of rotatable bonds is 3. The van der Waals surface area contributed by atoms with Crippen LogP contribution in [0.4, 0.5) is 0 Å². The third-order valence-corrected chi connectivity index (χ3v) is 2.53. The third-order valence-electron chi connectivity index (χ3n) is 2.53. The topological polar surface area (TPSA) is 38.3 Å². The molecule has 3 nitrogen and oxygen atoms in total. The molecule has 1 aromatic carbocycles. The summed E-state index contributed by atoms with van der Waals surface area (Å²) in [6.45, 7) is 1.94. The van der Waals surface area contributed by atoms with Gasteiger partial charge in [-0.15, -0.1) is 0 Å². The van der Waals surface area contributed by atoms with Crippen molar-refractivity contribution >= 4 is 5.78 Å². The van der Waals surface area contributed by atoms with Gasteiger partial charge in [-0.3, -0.25) is 4.79 Å². The molecule has 0 aromatic heterocycles. The highest BCUT2D eigenvalue weighted by Gasteiger charge is 2.22. The molecule has 1 aromatic rings. The van der Waals surface area contributed by atoms with E-state index in [4.69, 9.17) is 4.74 Å². The van der Waals surface area contributed by atoms with Gasteiger partial charge in [0, 0.05) is 19.5 Å². The molecule has 1 aliphatic heterocycles. The Kier molecular flexibility index (Phi) is 3.48. The van der Waals surface area contributed by atoms with Gasteiger partial charge in [0.15, 0.2) is 5.78 Å². The fourth-order valence-electron chi connectivity index (χ4n) is 1.64. The van der Waals surface area contributed by atoms with Crippen molar-refractivity contribution in [3.63, 3.8) is 0 Å². The molecule has 1 N–H and O–H groups in total. The average Bonchev–Trinajstić information content (AvgIpc) is 2.29. The van der Waals surface area contributed by atoms with E-state index in [9.17, 15) is 4.79 Å². The van der Waals surface area contributed by atoms with Gasteiger partial charge < -0.3 is 10.1 Å². The van der Waals surface area contributed by atoms with Crippen molar-refractivity contribution in [2.45, 2.75) is 19.1 Å². The van der Waals surface area contributed by atoms with Gasteiger partial charge in [-0.05, 0) is 5.56 Å². The first-order valence-corrected chi connectivity index (χ1v) is 5.25. The van der Waals surface area contributed by atoms with Crippen molar-refractivity contribution < 1.29 is 9.53 Å². The Hall–Kier alpha value is -1.19. The van der Waals surface area contributed by atoms with Crippen molar-refractivity contribution in [3.05, 3.63) is 35.9 Å². The summed E-state index contributed by atoms with van der Waals surface area (Å²) in [6, 6.07) is 9.91. The zero-order valence-electron chi connectivity index (χ0n) is 8.61. The van der Waals surface area contributed by atoms with Gasteiger partial charge in [0.25, 0.3) is 0 Å². The first kappa shape index (κ1) is 10.3. The number of nitrogens with one attached hydrogen (secondary N) is 1. The predicted molar refractivity (Wildman–Crippen MR) is 57.5 cm³/mol. The molecular formula is C12H15NO2. The highest BCUT2D eigenvalue weighted by atomic mass is 16.5. The lowest BCUT2D eigenvalue weighted by molar-refractivity contribution is -0.132. The summed E-state index contributed by atoms with van der Waals surface area (Å²) in [5.74, 6) is 0.213. The van der Waals surface area contributed by atoms with E-state index in [0.29, 0.717) is 19.6 Å². The Bertz CT molecular complexity index is 324. The number of carbonyl (C=O) groups is 1. The van der Waals surface area contributed by atoms with Gasteiger partial charge in [-0.25, -0.2) is 0 Å². The van der Waals surface area contributed by atoms with Crippen LogP contribution in [-0.4, -0.2) is 25.0 Å². The van der Waals surface area contributed by atoms with Crippen molar-refractivity contribution in [1.82, 2.24) is 5.32 Å². The summed E-state index contributed by atoms with van der Waals surface area (Å²) < 4.78 is 5.57. The molecule has 1 heterocycles. The molecule has 0 spiro atoms. The lowest BCUT2D eigenvalue weighted by Gasteiger charge is -2.21. The Morgan fingerprint density at radius 1 is 1.33 bits per heavy atom. The van der Waals surface area contributed by atoms with Gasteiger partial charge in [-0.2, -0.15) is 0 Å². The van der Waals surface area contributed by atoms with Crippen LogP contribution in [0.25, 0.3) is 0 Å². The van der Waals surface area contributed by atoms with Gasteiger partial charge in [0.2, 0.25) is 0 Å². The highest BCUT2D eigenvalue weighted by molar-refractivity contribution is 5.84. The summed E-state index contributed by atoms with van der Waals surface area (Å²) >= 11 is 0. The number of ketones is 1. The predicted octanol–water partition coefficient (Wildman–Crippen LogP) is 1.13. The molecule has 15 heavy (non-hydrogen) atoms. The van der Waals surface area contributed by atoms with Gasteiger partial charge in [0.1, 0.15) is 6.10 Å². The number of hydrogen-bond donors (Lipinski definition) is 1. The monoisotopic (exact) mass is 205 g/mol. The van der Waals surface area contributed by atoms with E-state index in [1.165, 1.54) is 0 Å². The minimum Gasteiger partial charge on any atom is -0.364 e. The van der Waals surface area contributed by atoms with E-state index < -0.39 is 0 Å². The van der Waals surface area contributed by atoms with Crippen LogP contribution in [0.5, 0.6) is 0 Å². The average molecular weight is 205 g/mol. The summed E-state index contributed by atoms with van der Waals surface area (Å²) in [5, 5.41) is 3.16. The van der Waals surface area contributed by atoms with Crippen molar-refractivity contribution in [2.24, 2.45) is 0 Å². The number of carbonyl (C=O) groups excluding carboxylic acids is 1. The molecule has 2 rings (SSSR count). The minimum atomic E-state index is -0.265. The minimum absolute atomic E-state index is 0.213.